The zero-order valence-electron chi connectivity index (χ0n) is 17.7. The van der Waals surface area contributed by atoms with Crippen molar-refractivity contribution in [2.45, 2.75) is 26.9 Å². The van der Waals surface area contributed by atoms with Gasteiger partial charge in [0.1, 0.15) is 17.9 Å². The van der Waals surface area contributed by atoms with Crippen molar-refractivity contribution in [3.8, 4) is 0 Å². The van der Waals surface area contributed by atoms with Crippen LogP contribution < -0.4 is 11.2 Å². The highest BCUT2D eigenvalue weighted by Gasteiger charge is 2.14. The Bertz CT molecular complexity index is 1160. The van der Waals surface area contributed by atoms with Crippen LogP contribution in [0, 0.1) is 0 Å². The summed E-state index contributed by atoms with van der Waals surface area (Å²) >= 11 is 0. The second kappa shape index (κ2) is 11.3. The number of nitrogens with zero attached hydrogens (tertiary/aromatic N) is 3. The number of aromatic amines is 1. The predicted octanol–water partition coefficient (Wildman–Crippen LogP) is 2.31. The summed E-state index contributed by atoms with van der Waals surface area (Å²) in [6, 6.07) is 0. The predicted molar refractivity (Wildman–Crippen MR) is 120 cm³/mol. The van der Waals surface area contributed by atoms with Crippen LogP contribution in [0.2, 0.25) is 0 Å². The number of H-pyrrole nitrogens is 1. The molecule has 0 saturated carbocycles. The number of hydrogen-bond acceptors (Lipinski definition) is 6. The molecular weight excluding hydrogens is 400 g/mol. The molecule has 0 radical (unpaired) electrons. The fraction of sp³-hybridized carbons (Fsp3) is 0.273. The monoisotopic (exact) mass is 426 g/mol. The Kier molecular flexibility index (Phi) is 8.56. The summed E-state index contributed by atoms with van der Waals surface area (Å²) in [4.78, 5) is 43.6. The van der Waals surface area contributed by atoms with Crippen molar-refractivity contribution in [2.75, 3.05) is 13.2 Å². The molecular formula is C22H26N4O5. The SMILES string of the molecule is C=CCOC(=O)CO/C=C/C=C(C=C)/C=C/c1nc2c([nH]1)c(=O)n(CC)c(=O)n2CC. The number of carbonyl (C=O) groups is 1. The summed E-state index contributed by atoms with van der Waals surface area (Å²) in [5.41, 5.74) is 0.556. The fourth-order valence-electron chi connectivity index (χ4n) is 2.71. The number of ether oxygens (including phenoxy) is 2. The van der Waals surface area contributed by atoms with Crippen LogP contribution in [0.15, 0.2) is 65.0 Å². The molecule has 0 amide bonds. The summed E-state index contributed by atoms with van der Waals surface area (Å²) in [5, 5.41) is 0. The van der Waals surface area contributed by atoms with E-state index in [-0.39, 0.29) is 31.0 Å². The molecule has 1 N–H and O–H groups in total. The first-order valence-corrected chi connectivity index (χ1v) is 9.75. The summed E-state index contributed by atoms with van der Waals surface area (Å²) in [6.45, 7) is 11.4. The van der Waals surface area contributed by atoms with E-state index >= 15 is 0 Å². The second-order valence-electron chi connectivity index (χ2n) is 6.21. The topological polar surface area (TPSA) is 108 Å². The molecule has 31 heavy (non-hydrogen) atoms. The van der Waals surface area contributed by atoms with Gasteiger partial charge in [-0.25, -0.2) is 14.6 Å². The van der Waals surface area contributed by atoms with Crippen LogP contribution in [-0.2, 0) is 27.4 Å². The maximum Gasteiger partial charge on any atom is 0.344 e. The van der Waals surface area contributed by atoms with E-state index in [2.05, 4.69) is 23.1 Å². The van der Waals surface area contributed by atoms with E-state index in [9.17, 15) is 14.4 Å². The molecule has 0 aliphatic carbocycles. The molecule has 2 aromatic heterocycles. The fourth-order valence-corrected chi connectivity index (χ4v) is 2.71. The standard InChI is InChI=1S/C22H26N4O5/c1-5-13-31-18(27)15-30-14-9-10-16(6-2)11-12-17-23-19-20(24-17)25(7-3)22(29)26(8-4)21(19)28/h5-6,9-12,14H,1-2,7-8,13,15H2,3-4H3,(H,23,24)/b12-11+,14-9+,16-10+. The Morgan fingerprint density at radius 2 is 1.94 bits per heavy atom. The number of hydrogen-bond donors (Lipinski definition) is 1. The van der Waals surface area contributed by atoms with Crippen molar-refractivity contribution >= 4 is 23.2 Å². The Hall–Kier alpha value is -3.88. The molecule has 0 aliphatic rings. The largest absolute Gasteiger partial charge is 0.490 e. The van der Waals surface area contributed by atoms with Crippen LogP contribution in [-0.4, -0.2) is 38.3 Å². The molecule has 0 bridgehead atoms. The molecule has 0 aromatic carbocycles. The highest BCUT2D eigenvalue weighted by molar-refractivity contribution is 5.72. The maximum atomic E-state index is 12.5. The third kappa shape index (κ3) is 5.81. The van der Waals surface area contributed by atoms with E-state index in [1.807, 2.05) is 6.92 Å². The second-order valence-corrected chi connectivity index (χ2v) is 6.21. The Labute approximate surface area is 179 Å². The lowest BCUT2D eigenvalue weighted by Gasteiger charge is -2.06. The average Bonchev–Trinajstić information content (AvgIpc) is 3.19. The van der Waals surface area contributed by atoms with Crippen LogP contribution in [0.5, 0.6) is 0 Å². The van der Waals surface area contributed by atoms with Gasteiger partial charge >= 0.3 is 11.7 Å². The van der Waals surface area contributed by atoms with Gasteiger partial charge in [-0.3, -0.25) is 13.9 Å². The Balaban J connectivity index is 2.17. The number of nitrogens with one attached hydrogen (secondary N) is 1. The number of imidazole rings is 1. The van der Waals surface area contributed by atoms with E-state index in [0.29, 0.717) is 18.0 Å². The number of carbonyl (C=O) groups excluding carboxylic acids is 1. The zero-order chi connectivity index (χ0) is 22.8. The normalized spacial score (nSPS) is 12.0. The van der Waals surface area contributed by atoms with Gasteiger partial charge in [-0.2, -0.15) is 0 Å². The molecule has 0 saturated heterocycles. The minimum Gasteiger partial charge on any atom is -0.490 e. The number of aryl methyl sites for hydroxylation is 1. The van der Waals surface area contributed by atoms with Gasteiger partial charge in [-0.1, -0.05) is 37.5 Å². The van der Waals surface area contributed by atoms with Crippen molar-refractivity contribution in [1.82, 2.24) is 19.1 Å². The van der Waals surface area contributed by atoms with Crippen molar-refractivity contribution in [1.29, 1.82) is 0 Å². The molecule has 2 aromatic rings. The Morgan fingerprint density at radius 1 is 1.19 bits per heavy atom. The molecule has 0 spiro atoms. The van der Waals surface area contributed by atoms with Gasteiger partial charge in [0, 0.05) is 13.1 Å². The van der Waals surface area contributed by atoms with Gasteiger partial charge in [-0.15, -0.1) is 0 Å². The minimum absolute atomic E-state index is 0.139. The van der Waals surface area contributed by atoms with Crippen molar-refractivity contribution in [3.63, 3.8) is 0 Å². The Morgan fingerprint density at radius 3 is 2.58 bits per heavy atom. The van der Waals surface area contributed by atoms with Crippen LogP contribution in [0.4, 0.5) is 0 Å². The lowest BCUT2D eigenvalue weighted by Crippen LogP contribution is -2.39. The summed E-state index contributed by atoms with van der Waals surface area (Å²) in [6.07, 6.45) is 11.2. The van der Waals surface area contributed by atoms with Crippen LogP contribution in [0.3, 0.4) is 0 Å². The highest BCUT2D eigenvalue weighted by atomic mass is 16.6. The van der Waals surface area contributed by atoms with Gasteiger partial charge in [0.2, 0.25) is 0 Å². The molecule has 9 nitrogen and oxygen atoms in total. The van der Waals surface area contributed by atoms with Gasteiger partial charge in [-0.05, 0) is 31.6 Å². The van der Waals surface area contributed by atoms with E-state index in [1.54, 1.807) is 37.3 Å². The van der Waals surface area contributed by atoms with Crippen LogP contribution in [0.1, 0.15) is 19.7 Å². The number of rotatable bonds is 11. The molecule has 0 fully saturated rings. The average molecular weight is 426 g/mol. The summed E-state index contributed by atoms with van der Waals surface area (Å²) in [5.74, 6) is -0.0598. The molecule has 2 heterocycles. The van der Waals surface area contributed by atoms with E-state index in [4.69, 9.17) is 9.47 Å². The van der Waals surface area contributed by atoms with Gasteiger partial charge in [0.05, 0.1) is 6.26 Å². The van der Waals surface area contributed by atoms with Crippen molar-refractivity contribution in [3.05, 3.63) is 82.0 Å². The molecule has 2 rings (SSSR count). The van der Waals surface area contributed by atoms with Gasteiger partial charge in [0.15, 0.2) is 12.3 Å². The highest BCUT2D eigenvalue weighted by Crippen LogP contribution is 2.09. The van der Waals surface area contributed by atoms with E-state index in [1.165, 1.54) is 21.5 Å². The van der Waals surface area contributed by atoms with Gasteiger partial charge < -0.3 is 14.5 Å². The van der Waals surface area contributed by atoms with Crippen LogP contribution in [0.25, 0.3) is 17.2 Å². The third-order valence-electron chi connectivity index (χ3n) is 4.21. The number of allylic oxidation sites excluding steroid dienone is 5. The van der Waals surface area contributed by atoms with Crippen molar-refractivity contribution in [2.24, 2.45) is 0 Å². The minimum atomic E-state index is -0.491. The quantitative estimate of drug-likeness (QED) is 0.256. The summed E-state index contributed by atoms with van der Waals surface area (Å²) in [7, 11) is 0. The molecule has 0 atom stereocenters. The number of aromatic nitrogens is 4. The van der Waals surface area contributed by atoms with Crippen LogP contribution >= 0.6 is 0 Å². The first-order valence-electron chi connectivity index (χ1n) is 9.75. The first-order chi connectivity index (χ1) is 15.0. The molecule has 164 valence electrons. The molecule has 0 aliphatic heterocycles. The molecule has 0 unspecified atom stereocenters. The lowest BCUT2D eigenvalue weighted by molar-refractivity contribution is -0.145. The number of esters is 1. The van der Waals surface area contributed by atoms with Crippen molar-refractivity contribution < 1.29 is 14.3 Å². The number of fused-ring (bicyclic) bond motifs is 1. The summed E-state index contributed by atoms with van der Waals surface area (Å²) < 4.78 is 12.5. The smallest absolute Gasteiger partial charge is 0.344 e. The van der Waals surface area contributed by atoms with Gasteiger partial charge in [0.25, 0.3) is 5.56 Å². The zero-order valence-corrected chi connectivity index (χ0v) is 17.7. The van der Waals surface area contributed by atoms with E-state index < -0.39 is 11.5 Å². The third-order valence-corrected chi connectivity index (χ3v) is 4.21. The first kappa shape index (κ1) is 23.4. The lowest BCUT2D eigenvalue weighted by atomic mass is 10.2. The molecule has 9 heteroatoms. The van der Waals surface area contributed by atoms with E-state index in [0.717, 1.165) is 5.57 Å². The maximum absolute atomic E-state index is 12.5.